The van der Waals surface area contributed by atoms with E-state index in [1.54, 1.807) is 0 Å². The van der Waals surface area contributed by atoms with Crippen LogP contribution in [0, 0.1) is 0 Å². The highest BCUT2D eigenvalue weighted by atomic mass is 16.5. The van der Waals surface area contributed by atoms with E-state index in [-0.39, 0.29) is 12.6 Å². The molecule has 0 unspecified atom stereocenters. The van der Waals surface area contributed by atoms with Crippen molar-refractivity contribution in [2.45, 2.75) is 26.2 Å². The van der Waals surface area contributed by atoms with Crippen LogP contribution < -0.4 is 0 Å². The van der Waals surface area contributed by atoms with E-state index >= 15 is 0 Å². The molecule has 0 spiro atoms. The Hall–Kier alpha value is -0.650. The maximum absolute atomic E-state index is 11.6. The van der Waals surface area contributed by atoms with Crippen LogP contribution in [0.1, 0.15) is 26.2 Å². The number of hydrogen-bond donors (Lipinski definition) is 1. The lowest BCUT2D eigenvalue weighted by Gasteiger charge is -2.20. The van der Waals surface area contributed by atoms with E-state index in [9.17, 15) is 4.79 Å². The summed E-state index contributed by atoms with van der Waals surface area (Å²) in [5.74, 6) is -0.112. The number of hydrogen-bond acceptors (Lipinski definition) is 5. The van der Waals surface area contributed by atoms with E-state index in [0.29, 0.717) is 13.2 Å². The van der Waals surface area contributed by atoms with Crippen LogP contribution in [0.15, 0.2) is 0 Å². The highest BCUT2D eigenvalue weighted by Gasteiger charge is 2.17. The Kier molecular flexibility index (Phi) is 7.96. The van der Waals surface area contributed by atoms with Gasteiger partial charge in [-0.3, -0.25) is 14.6 Å². The van der Waals surface area contributed by atoms with Gasteiger partial charge in [0.15, 0.2) is 0 Å². The van der Waals surface area contributed by atoms with Crippen LogP contribution in [0.2, 0.25) is 0 Å². The molecular formula is C13H26N2O3. The molecule has 5 heteroatoms. The zero-order valence-corrected chi connectivity index (χ0v) is 11.4. The second kappa shape index (κ2) is 9.30. The molecule has 0 aromatic carbocycles. The van der Waals surface area contributed by atoms with Crippen LogP contribution in [0.3, 0.4) is 0 Å². The van der Waals surface area contributed by atoms with Gasteiger partial charge in [0.05, 0.1) is 19.8 Å². The summed E-state index contributed by atoms with van der Waals surface area (Å²) in [4.78, 5) is 16.0. The lowest BCUT2D eigenvalue weighted by molar-refractivity contribution is -0.145. The minimum Gasteiger partial charge on any atom is -0.465 e. The van der Waals surface area contributed by atoms with E-state index < -0.39 is 0 Å². The topological polar surface area (TPSA) is 53.0 Å². The summed E-state index contributed by atoms with van der Waals surface area (Å²) in [5.41, 5.74) is 0. The van der Waals surface area contributed by atoms with E-state index in [1.807, 2.05) is 0 Å². The second-order valence-electron chi connectivity index (χ2n) is 4.77. The number of carbonyl (C=O) groups is 1. The molecular weight excluding hydrogens is 232 g/mol. The third kappa shape index (κ3) is 6.33. The van der Waals surface area contributed by atoms with E-state index in [2.05, 4.69) is 16.7 Å². The Bertz CT molecular complexity index is 236. The number of aliphatic hydroxyl groups excluding tert-OH is 1. The standard InChI is InChI=1S/C13H26N2O3/c1-2-3-11-18-13(17)12-15-6-4-5-14(7-8-15)9-10-16/h16H,2-12H2,1H3. The Morgan fingerprint density at radius 2 is 1.94 bits per heavy atom. The van der Waals surface area contributed by atoms with Crippen LogP contribution in [0.5, 0.6) is 0 Å². The molecule has 0 aliphatic carbocycles. The van der Waals surface area contributed by atoms with Crippen LogP contribution in [0.25, 0.3) is 0 Å². The summed E-state index contributed by atoms with van der Waals surface area (Å²) in [7, 11) is 0. The average molecular weight is 258 g/mol. The SMILES string of the molecule is CCCCOC(=O)CN1CCCN(CCO)CC1. The quantitative estimate of drug-likeness (QED) is 0.527. The van der Waals surface area contributed by atoms with Gasteiger partial charge in [-0.1, -0.05) is 13.3 Å². The molecule has 0 bridgehead atoms. The minimum absolute atomic E-state index is 0.112. The Labute approximate surface area is 110 Å². The van der Waals surface area contributed by atoms with Gasteiger partial charge in [0.1, 0.15) is 0 Å². The third-order valence-corrected chi connectivity index (χ3v) is 3.21. The van der Waals surface area contributed by atoms with Gasteiger partial charge in [-0.25, -0.2) is 0 Å². The Morgan fingerprint density at radius 1 is 1.22 bits per heavy atom. The number of rotatable bonds is 7. The monoisotopic (exact) mass is 258 g/mol. The molecule has 1 aliphatic heterocycles. The Morgan fingerprint density at radius 3 is 2.67 bits per heavy atom. The molecule has 0 aromatic heterocycles. The van der Waals surface area contributed by atoms with Crippen molar-refractivity contribution >= 4 is 5.97 Å². The Balaban J connectivity index is 2.20. The van der Waals surface area contributed by atoms with Crippen molar-refractivity contribution in [3.63, 3.8) is 0 Å². The molecule has 1 saturated heterocycles. The fraction of sp³-hybridized carbons (Fsp3) is 0.923. The summed E-state index contributed by atoms with van der Waals surface area (Å²) in [5, 5.41) is 8.91. The number of aliphatic hydroxyl groups is 1. The van der Waals surface area contributed by atoms with Gasteiger partial charge < -0.3 is 9.84 Å². The molecule has 0 amide bonds. The smallest absolute Gasteiger partial charge is 0.320 e. The summed E-state index contributed by atoms with van der Waals surface area (Å²) in [6, 6.07) is 0. The van der Waals surface area contributed by atoms with Gasteiger partial charge in [-0.15, -0.1) is 0 Å². The van der Waals surface area contributed by atoms with Gasteiger partial charge in [0.2, 0.25) is 0 Å². The van der Waals surface area contributed by atoms with Crippen molar-refractivity contribution in [1.29, 1.82) is 0 Å². The third-order valence-electron chi connectivity index (χ3n) is 3.21. The number of nitrogens with zero attached hydrogens (tertiary/aromatic N) is 2. The van der Waals surface area contributed by atoms with Crippen molar-refractivity contribution in [2.75, 3.05) is 52.5 Å². The molecule has 106 valence electrons. The number of ether oxygens (including phenoxy) is 1. The van der Waals surface area contributed by atoms with Gasteiger partial charge >= 0.3 is 5.97 Å². The predicted molar refractivity (Wildman–Crippen MR) is 70.4 cm³/mol. The first-order valence-electron chi connectivity index (χ1n) is 6.97. The van der Waals surface area contributed by atoms with Crippen LogP contribution in [0.4, 0.5) is 0 Å². The molecule has 0 radical (unpaired) electrons. The fourth-order valence-corrected chi connectivity index (χ4v) is 2.11. The largest absolute Gasteiger partial charge is 0.465 e. The van der Waals surface area contributed by atoms with Gasteiger partial charge in [-0.05, 0) is 19.4 Å². The molecule has 1 heterocycles. The first-order chi connectivity index (χ1) is 8.76. The highest BCUT2D eigenvalue weighted by molar-refractivity contribution is 5.71. The van der Waals surface area contributed by atoms with Gasteiger partial charge in [-0.2, -0.15) is 0 Å². The average Bonchev–Trinajstić information content (AvgIpc) is 2.56. The van der Waals surface area contributed by atoms with Crippen molar-refractivity contribution in [3.8, 4) is 0 Å². The summed E-state index contributed by atoms with van der Waals surface area (Å²) in [6.07, 6.45) is 3.03. The first kappa shape index (κ1) is 15.4. The van der Waals surface area contributed by atoms with E-state index in [1.165, 1.54) is 0 Å². The van der Waals surface area contributed by atoms with Crippen LogP contribution in [-0.4, -0.2) is 73.4 Å². The predicted octanol–water partition coefficient (Wildman–Crippen LogP) is 0.330. The molecule has 0 aromatic rings. The normalized spacial score (nSPS) is 18.6. The van der Waals surface area contributed by atoms with Crippen molar-refractivity contribution in [1.82, 2.24) is 9.80 Å². The number of esters is 1. The van der Waals surface area contributed by atoms with Crippen LogP contribution in [-0.2, 0) is 9.53 Å². The minimum atomic E-state index is -0.112. The van der Waals surface area contributed by atoms with Crippen LogP contribution >= 0.6 is 0 Å². The maximum Gasteiger partial charge on any atom is 0.320 e. The van der Waals surface area contributed by atoms with Crippen molar-refractivity contribution in [3.05, 3.63) is 0 Å². The van der Waals surface area contributed by atoms with Gasteiger partial charge in [0, 0.05) is 26.2 Å². The maximum atomic E-state index is 11.6. The molecule has 0 saturated carbocycles. The summed E-state index contributed by atoms with van der Waals surface area (Å²) < 4.78 is 5.17. The number of β-amino-alcohol motifs (C(OH)–C–C–N with tert-alkyl or cyclic N) is 1. The summed E-state index contributed by atoms with van der Waals surface area (Å²) in [6.45, 7) is 7.70. The second-order valence-corrected chi connectivity index (χ2v) is 4.77. The molecule has 1 rings (SSSR count). The zero-order valence-electron chi connectivity index (χ0n) is 11.4. The number of unbranched alkanes of at least 4 members (excludes halogenated alkanes) is 1. The van der Waals surface area contributed by atoms with Crippen molar-refractivity contribution in [2.24, 2.45) is 0 Å². The first-order valence-corrected chi connectivity index (χ1v) is 6.97. The molecule has 1 fully saturated rings. The highest BCUT2D eigenvalue weighted by Crippen LogP contribution is 2.03. The van der Waals surface area contributed by atoms with E-state index in [4.69, 9.17) is 9.84 Å². The number of carbonyl (C=O) groups excluding carboxylic acids is 1. The molecule has 1 aliphatic rings. The van der Waals surface area contributed by atoms with E-state index in [0.717, 1.165) is 52.0 Å². The fourth-order valence-electron chi connectivity index (χ4n) is 2.11. The molecule has 0 atom stereocenters. The lowest BCUT2D eigenvalue weighted by atomic mass is 10.3. The molecule has 5 nitrogen and oxygen atoms in total. The van der Waals surface area contributed by atoms with Gasteiger partial charge in [0.25, 0.3) is 0 Å². The summed E-state index contributed by atoms with van der Waals surface area (Å²) >= 11 is 0. The molecule has 18 heavy (non-hydrogen) atoms. The lowest BCUT2D eigenvalue weighted by Crippen LogP contribution is -2.35. The zero-order chi connectivity index (χ0) is 13.2. The van der Waals surface area contributed by atoms with Crippen molar-refractivity contribution < 1.29 is 14.6 Å². The molecule has 1 N–H and O–H groups in total.